The van der Waals surface area contributed by atoms with Crippen LogP contribution in [0.5, 0.6) is 5.75 Å². The maximum absolute atomic E-state index is 13.9. The molecule has 0 bridgehead atoms. The number of methoxy groups -OCH3 is 1. The van der Waals surface area contributed by atoms with Crippen LogP contribution in [-0.2, 0) is 4.79 Å². The average Bonchev–Trinajstić information content (AvgIpc) is 2.64. The highest BCUT2D eigenvalue weighted by molar-refractivity contribution is 6.31. The molecule has 0 atom stereocenters. The maximum atomic E-state index is 13.9. The van der Waals surface area contributed by atoms with Crippen LogP contribution in [0.15, 0.2) is 43.0 Å². The number of carbonyl (C=O) groups is 1. The second-order valence-corrected chi connectivity index (χ2v) is 5.77. The highest BCUT2D eigenvalue weighted by Crippen LogP contribution is 2.34. The summed E-state index contributed by atoms with van der Waals surface area (Å²) in [7, 11) is 1.40. The molecule has 0 aliphatic rings. The van der Waals surface area contributed by atoms with Crippen molar-refractivity contribution in [1.82, 2.24) is 9.97 Å². The number of anilines is 3. The Kier molecular flexibility index (Phi) is 5.18. The zero-order valence-electron chi connectivity index (χ0n) is 14.0. The third-order valence-electron chi connectivity index (χ3n) is 3.62. The largest absolute Gasteiger partial charge is 0.494 e. The molecule has 1 heterocycles. The first kappa shape index (κ1) is 18.5. The number of hydrogen-bond donors (Lipinski definition) is 2. The Bertz CT molecular complexity index is 1060. The van der Waals surface area contributed by atoms with E-state index in [4.69, 9.17) is 16.3 Å². The molecule has 2 N–H and O–H groups in total. The molecule has 9 heteroatoms. The quantitative estimate of drug-likeness (QED) is 0.497. The highest BCUT2D eigenvalue weighted by atomic mass is 35.5. The van der Waals surface area contributed by atoms with Crippen LogP contribution >= 0.6 is 11.6 Å². The minimum absolute atomic E-state index is 0.0977. The van der Waals surface area contributed by atoms with Crippen LogP contribution in [0.3, 0.4) is 0 Å². The molecule has 2 aromatic carbocycles. The number of ether oxygens (including phenoxy) is 1. The van der Waals surface area contributed by atoms with Crippen LogP contribution in [0.2, 0.25) is 5.02 Å². The lowest BCUT2D eigenvalue weighted by Crippen LogP contribution is -2.09. The first-order valence-corrected chi connectivity index (χ1v) is 8.00. The summed E-state index contributed by atoms with van der Waals surface area (Å²) in [6.45, 7) is 3.39. The van der Waals surface area contributed by atoms with Gasteiger partial charge in [0.2, 0.25) is 5.91 Å². The molecule has 1 amide bonds. The number of amides is 1. The summed E-state index contributed by atoms with van der Waals surface area (Å²) in [5.74, 6) is -0.640. The molecule has 3 aromatic rings. The Balaban J connectivity index is 2.13. The smallest absolute Gasteiger partial charge is 0.311 e. The molecule has 0 unspecified atom stereocenters. The van der Waals surface area contributed by atoms with Gasteiger partial charge >= 0.3 is 6.08 Å². The lowest BCUT2D eigenvalue weighted by atomic mass is 10.1. The van der Waals surface area contributed by atoms with E-state index in [1.165, 1.54) is 37.4 Å². The van der Waals surface area contributed by atoms with Crippen LogP contribution < -0.4 is 15.4 Å². The first-order chi connectivity index (χ1) is 12.9. The molecule has 6 nitrogen and oxygen atoms in total. The number of aromatic nitrogens is 2. The number of rotatable bonds is 5. The van der Waals surface area contributed by atoms with Gasteiger partial charge in [0.05, 0.1) is 23.3 Å². The minimum Gasteiger partial charge on any atom is -0.494 e. The van der Waals surface area contributed by atoms with Gasteiger partial charge in [-0.1, -0.05) is 18.2 Å². The van der Waals surface area contributed by atoms with E-state index >= 15 is 0 Å². The molecular weight excluding hydrogens is 378 g/mol. The summed E-state index contributed by atoms with van der Waals surface area (Å²) in [6.07, 6.45) is 0.132. The second kappa shape index (κ2) is 7.55. The molecule has 0 spiro atoms. The molecule has 0 aliphatic heterocycles. The zero-order valence-corrected chi connectivity index (χ0v) is 14.8. The van der Waals surface area contributed by atoms with Crippen molar-refractivity contribution >= 4 is 45.6 Å². The van der Waals surface area contributed by atoms with Crippen molar-refractivity contribution in [3.63, 3.8) is 0 Å². The van der Waals surface area contributed by atoms with Gasteiger partial charge in [0.25, 0.3) is 0 Å². The SMILES string of the molecule is C=CC(=O)Nc1cc2c(Nc3ccc(F)c(Cl)c3)nc(F)nc2cc1OC. The van der Waals surface area contributed by atoms with Gasteiger partial charge in [0, 0.05) is 17.1 Å². The number of carbonyl (C=O) groups excluding carboxylic acids is 1. The van der Waals surface area contributed by atoms with Gasteiger partial charge in [-0.25, -0.2) is 9.37 Å². The normalized spacial score (nSPS) is 10.5. The molecule has 0 fully saturated rings. The molecule has 3 rings (SSSR count). The Morgan fingerprint density at radius 3 is 2.70 bits per heavy atom. The Labute approximate surface area is 157 Å². The van der Waals surface area contributed by atoms with Crippen molar-refractivity contribution in [3.8, 4) is 5.75 Å². The lowest BCUT2D eigenvalue weighted by Gasteiger charge is -2.13. The Morgan fingerprint density at radius 1 is 1.26 bits per heavy atom. The number of halogens is 3. The summed E-state index contributed by atoms with van der Waals surface area (Å²) >= 11 is 5.77. The van der Waals surface area contributed by atoms with E-state index in [-0.39, 0.29) is 22.1 Å². The average molecular weight is 391 g/mol. The van der Waals surface area contributed by atoms with Crippen molar-refractivity contribution < 1.29 is 18.3 Å². The number of hydrogen-bond acceptors (Lipinski definition) is 5. The number of benzene rings is 2. The predicted molar refractivity (Wildman–Crippen MR) is 99.6 cm³/mol. The molecule has 0 radical (unpaired) electrons. The molecule has 0 saturated heterocycles. The van der Waals surface area contributed by atoms with Crippen LogP contribution in [0.1, 0.15) is 0 Å². The Hall–Kier alpha value is -3.26. The number of nitrogens with one attached hydrogen (secondary N) is 2. The third kappa shape index (κ3) is 3.95. The summed E-state index contributed by atoms with van der Waals surface area (Å²) in [5, 5.41) is 5.77. The van der Waals surface area contributed by atoms with Gasteiger partial charge < -0.3 is 15.4 Å². The summed E-state index contributed by atoms with van der Waals surface area (Å²) in [5.41, 5.74) is 0.963. The van der Waals surface area contributed by atoms with Gasteiger partial charge in [-0.15, -0.1) is 0 Å². The monoisotopic (exact) mass is 390 g/mol. The van der Waals surface area contributed by atoms with E-state index in [2.05, 4.69) is 27.2 Å². The van der Waals surface area contributed by atoms with Crippen molar-refractivity contribution in [3.05, 3.63) is 59.9 Å². The van der Waals surface area contributed by atoms with E-state index < -0.39 is 17.8 Å². The summed E-state index contributed by atoms with van der Waals surface area (Å²) < 4.78 is 32.4. The van der Waals surface area contributed by atoms with Crippen LogP contribution in [-0.4, -0.2) is 23.0 Å². The van der Waals surface area contributed by atoms with Crippen molar-refractivity contribution in [2.45, 2.75) is 0 Å². The molecular formula is C18H13ClF2N4O2. The van der Waals surface area contributed by atoms with Gasteiger partial charge in [0.15, 0.2) is 0 Å². The summed E-state index contributed by atoms with van der Waals surface area (Å²) in [6, 6.07) is 6.93. The summed E-state index contributed by atoms with van der Waals surface area (Å²) in [4.78, 5) is 19.1. The Morgan fingerprint density at radius 2 is 2.04 bits per heavy atom. The van der Waals surface area contributed by atoms with Gasteiger partial charge in [-0.2, -0.15) is 9.37 Å². The van der Waals surface area contributed by atoms with Crippen molar-refractivity contribution in [2.24, 2.45) is 0 Å². The number of nitrogens with zero attached hydrogens (tertiary/aromatic N) is 2. The first-order valence-electron chi connectivity index (χ1n) is 7.62. The van der Waals surface area contributed by atoms with Crippen LogP contribution in [0, 0.1) is 11.9 Å². The van der Waals surface area contributed by atoms with Crippen LogP contribution in [0.4, 0.5) is 26.0 Å². The third-order valence-corrected chi connectivity index (χ3v) is 3.90. The number of fused-ring (bicyclic) bond motifs is 1. The molecule has 27 heavy (non-hydrogen) atoms. The van der Waals surface area contributed by atoms with E-state index in [1.807, 2.05) is 0 Å². The topological polar surface area (TPSA) is 76.1 Å². The molecule has 138 valence electrons. The van der Waals surface area contributed by atoms with E-state index in [1.54, 1.807) is 0 Å². The molecule has 0 aliphatic carbocycles. The zero-order chi connectivity index (χ0) is 19.6. The van der Waals surface area contributed by atoms with Gasteiger partial charge in [-0.05, 0) is 30.3 Å². The van der Waals surface area contributed by atoms with E-state index in [9.17, 15) is 13.6 Å². The fraction of sp³-hybridized carbons (Fsp3) is 0.0556. The predicted octanol–water partition coefficient (Wildman–Crippen LogP) is 4.44. The van der Waals surface area contributed by atoms with E-state index in [0.717, 1.165) is 6.08 Å². The van der Waals surface area contributed by atoms with Crippen molar-refractivity contribution in [2.75, 3.05) is 17.7 Å². The highest BCUT2D eigenvalue weighted by Gasteiger charge is 2.14. The van der Waals surface area contributed by atoms with Gasteiger partial charge in [-0.3, -0.25) is 4.79 Å². The fourth-order valence-corrected chi connectivity index (χ4v) is 2.56. The fourth-order valence-electron chi connectivity index (χ4n) is 2.38. The van der Waals surface area contributed by atoms with Gasteiger partial charge in [0.1, 0.15) is 17.4 Å². The maximum Gasteiger partial charge on any atom is 0.311 e. The minimum atomic E-state index is -0.969. The molecule has 1 aromatic heterocycles. The molecule has 0 saturated carbocycles. The van der Waals surface area contributed by atoms with Crippen molar-refractivity contribution in [1.29, 1.82) is 0 Å². The standard InChI is InChI=1S/C18H13ClF2N4O2/c1-3-16(26)23-14-7-10-13(8-15(14)27-2)24-18(21)25-17(10)22-9-4-5-12(20)11(19)6-9/h3-8H,1H2,2H3,(H,23,26)(H,22,24,25). The van der Waals surface area contributed by atoms with Crippen LogP contribution in [0.25, 0.3) is 10.9 Å². The second-order valence-electron chi connectivity index (χ2n) is 5.36. The van der Waals surface area contributed by atoms with E-state index in [0.29, 0.717) is 16.8 Å². The lowest BCUT2D eigenvalue weighted by molar-refractivity contribution is -0.111.